The number of hydrogen-bond donors (Lipinski definition) is 2. The lowest BCUT2D eigenvalue weighted by molar-refractivity contribution is -0.133. The predicted molar refractivity (Wildman–Crippen MR) is 90.2 cm³/mol. The summed E-state index contributed by atoms with van der Waals surface area (Å²) in [4.78, 5) is 25.0. The molecule has 3 rings (SSSR count). The summed E-state index contributed by atoms with van der Waals surface area (Å²) in [5.74, 6) is 1.04. The molecule has 2 aliphatic heterocycles. The van der Waals surface area contributed by atoms with Crippen molar-refractivity contribution in [3.8, 4) is 0 Å². The Morgan fingerprint density at radius 2 is 1.92 bits per heavy atom. The first-order valence-corrected chi connectivity index (χ1v) is 8.65. The highest BCUT2D eigenvalue weighted by molar-refractivity contribution is 5.76. The smallest absolute Gasteiger partial charge is 0.290 e. The molecule has 0 atom stereocenters. The van der Waals surface area contributed by atoms with Gasteiger partial charge >= 0.3 is 0 Å². The van der Waals surface area contributed by atoms with Crippen molar-refractivity contribution in [3.63, 3.8) is 0 Å². The molecule has 2 aliphatic rings. The number of aliphatic hydroxyl groups is 1. The molecule has 1 aromatic rings. The molecule has 2 fully saturated rings. The molecule has 2 N–H and O–H groups in total. The number of β-amino-alcohol motifs (C(OH)–C–C–N with tert-alkyl or cyclic N) is 1. The van der Waals surface area contributed by atoms with Crippen LogP contribution in [0.25, 0.3) is 0 Å². The van der Waals surface area contributed by atoms with Crippen molar-refractivity contribution in [2.45, 2.75) is 51.7 Å². The molecule has 0 unspecified atom stereocenters. The first-order valence-electron chi connectivity index (χ1n) is 8.65. The van der Waals surface area contributed by atoms with Gasteiger partial charge in [0.05, 0.1) is 11.8 Å². The van der Waals surface area contributed by atoms with Gasteiger partial charge in [-0.2, -0.15) is 0 Å². The minimum atomic E-state index is -0.250. The molecule has 0 bridgehead atoms. The molecule has 0 spiro atoms. The fourth-order valence-corrected chi connectivity index (χ4v) is 3.52. The summed E-state index contributed by atoms with van der Waals surface area (Å²) in [6.45, 7) is 6.82. The number of piperidine rings is 1. The lowest BCUT2D eigenvalue weighted by Gasteiger charge is -2.45. The average Bonchev–Trinajstić information content (AvgIpc) is 2.89. The maximum absolute atomic E-state index is 12.3. The van der Waals surface area contributed by atoms with Crippen molar-refractivity contribution in [3.05, 3.63) is 17.0 Å². The maximum atomic E-state index is 12.3. The molecule has 1 amide bonds. The van der Waals surface area contributed by atoms with Gasteiger partial charge in [0.1, 0.15) is 5.76 Å². The van der Waals surface area contributed by atoms with Crippen molar-refractivity contribution in [2.24, 2.45) is 0 Å². The Balaban J connectivity index is 0.000000701. The summed E-state index contributed by atoms with van der Waals surface area (Å²) in [6.07, 6.45) is 3.12. The van der Waals surface area contributed by atoms with Crippen LogP contribution >= 0.6 is 0 Å². The summed E-state index contributed by atoms with van der Waals surface area (Å²) in [7, 11) is 0. The van der Waals surface area contributed by atoms with E-state index in [1.165, 1.54) is 0 Å². The van der Waals surface area contributed by atoms with E-state index in [2.05, 4.69) is 10.1 Å². The Kier molecular flexibility index (Phi) is 6.95. The van der Waals surface area contributed by atoms with Crippen LogP contribution in [0.2, 0.25) is 0 Å². The third-order valence-electron chi connectivity index (χ3n) is 4.99. The van der Waals surface area contributed by atoms with Crippen molar-refractivity contribution >= 4 is 12.4 Å². The first kappa shape index (κ1) is 19.4. The largest absolute Gasteiger partial charge is 0.483 e. The number of aliphatic hydroxyl groups excluding tert-OH is 1. The highest BCUT2D eigenvalue weighted by Gasteiger charge is 2.33. The van der Waals surface area contributed by atoms with Crippen molar-refractivity contribution in [2.75, 3.05) is 26.2 Å². The van der Waals surface area contributed by atoms with E-state index in [1.807, 2.05) is 18.7 Å². The van der Waals surface area contributed by atoms with Crippen molar-refractivity contribution in [1.82, 2.24) is 15.0 Å². The topological polar surface area (TPSA) is 107 Å². The number of likely N-dealkylation sites (tertiary alicyclic amines) is 2. The number of nitrogens with zero attached hydrogens (tertiary/aromatic N) is 3. The van der Waals surface area contributed by atoms with Crippen LogP contribution in [0.3, 0.4) is 0 Å². The molecule has 8 heteroatoms. The lowest BCUT2D eigenvalue weighted by atomic mass is 9.98. The fourth-order valence-electron chi connectivity index (χ4n) is 3.52. The van der Waals surface area contributed by atoms with Crippen LogP contribution in [0.15, 0.2) is 4.52 Å². The fraction of sp³-hybridized carbons (Fsp3) is 0.706. The normalized spacial score (nSPS) is 19.1. The van der Waals surface area contributed by atoms with Gasteiger partial charge in [-0.3, -0.25) is 14.5 Å². The molecule has 1 aromatic heterocycles. The molecule has 3 heterocycles. The van der Waals surface area contributed by atoms with E-state index >= 15 is 0 Å². The highest BCUT2D eigenvalue weighted by atomic mass is 16.5. The van der Waals surface area contributed by atoms with E-state index < -0.39 is 0 Å². The van der Waals surface area contributed by atoms with Crippen LogP contribution in [0.5, 0.6) is 0 Å². The van der Waals surface area contributed by atoms with Crippen LogP contribution in [-0.4, -0.2) is 75.9 Å². The zero-order chi connectivity index (χ0) is 18.4. The molecule has 140 valence electrons. The zero-order valence-electron chi connectivity index (χ0n) is 14.8. The average molecular weight is 353 g/mol. The Morgan fingerprint density at radius 3 is 2.40 bits per heavy atom. The van der Waals surface area contributed by atoms with Gasteiger partial charge in [0, 0.05) is 44.2 Å². The van der Waals surface area contributed by atoms with E-state index in [-0.39, 0.29) is 18.5 Å². The minimum absolute atomic E-state index is 0.144. The maximum Gasteiger partial charge on any atom is 0.290 e. The number of rotatable bonds is 4. The second-order valence-corrected chi connectivity index (χ2v) is 6.63. The summed E-state index contributed by atoms with van der Waals surface area (Å²) in [6, 6.07) is 0.537. The molecule has 0 aromatic carbocycles. The Hall–Kier alpha value is -1.93. The van der Waals surface area contributed by atoms with Crippen molar-refractivity contribution in [1.29, 1.82) is 0 Å². The summed E-state index contributed by atoms with van der Waals surface area (Å²) in [5.41, 5.74) is 1.96. The molecule has 25 heavy (non-hydrogen) atoms. The van der Waals surface area contributed by atoms with E-state index in [0.29, 0.717) is 18.9 Å². The summed E-state index contributed by atoms with van der Waals surface area (Å²) < 4.78 is 5.14. The van der Waals surface area contributed by atoms with Gasteiger partial charge in [0.15, 0.2) is 0 Å². The van der Waals surface area contributed by atoms with E-state index in [4.69, 9.17) is 14.4 Å². The monoisotopic (exact) mass is 353 g/mol. The van der Waals surface area contributed by atoms with Crippen LogP contribution in [0.4, 0.5) is 0 Å². The Morgan fingerprint density at radius 1 is 1.32 bits per heavy atom. The highest BCUT2D eigenvalue weighted by Crippen LogP contribution is 2.22. The van der Waals surface area contributed by atoms with Crippen LogP contribution in [0.1, 0.15) is 36.3 Å². The molecule has 0 radical (unpaired) electrons. The minimum Gasteiger partial charge on any atom is -0.483 e. The standard InChI is InChI=1S/C16H25N3O3.CH2O2/c1-11-15(12(2)22-17-11)3-4-16(21)18-7-5-13(6-8-18)19-9-14(20)10-19;2-1-3/h13-14,20H,3-10H2,1-2H3;1H,(H,2,3). The number of carboxylic acid groups (broad SMARTS) is 1. The molecule has 0 saturated carbocycles. The Labute approximate surface area is 147 Å². The van der Waals surface area contributed by atoms with Gasteiger partial charge in [0.2, 0.25) is 5.91 Å². The summed E-state index contributed by atoms with van der Waals surface area (Å²) in [5, 5.41) is 20.2. The molecule has 8 nitrogen and oxygen atoms in total. The number of amides is 1. The third kappa shape index (κ3) is 5.02. The quantitative estimate of drug-likeness (QED) is 0.763. The first-order chi connectivity index (χ1) is 12.0. The predicted octanol–water partition coefficient (Wildman–Crippen LogP) is 0.592. The van der Waals surface area contributed by atoms with Gasteiger partial charge in [-0.05, 0) is 33.1 Å². The molecule has 0 aliphatic carbocycles. The second kappa shape index (κ2) is 8.96. The second-order valence-electron chi connectivity index (χ2n) is 6.63. The van der Waals surface area contributed by atoms with Crippen LogP contribution < -0.4 is 0 Å². The molecular weight excluding hydrogens is 326 g/mol. The van der Waals surface area contributed by atoms with Gasteiger partial charge < -0.3 is 19.6 Å². The number of aromatic nitrogens is 1. The lowest BCUT2D eigenvalue weighted by Crippen LogP contribution is -2.58. The van der Waals surface area contributed by atoms with Crippen LogP contribution in [0, 0.1) is 13.8 Å². The van der Waals surface area contributed by atoms with E-state index in [1.54, 1.807) is 0 Å². The van der Waals surface area contributed by atoms with Crippen LogP contribution in [-0.2, 0) is 16.0 Å². The number of carbonyl (C=O) groups excluding carboxylic acids is 1. The Bertz CT molecular complexity index is 555. The summed E-state index contributed by atoms with van der Waals surface area (Å²) >= 11 is 0. The third-order valence-corrected chi connectivity index (χ3v) is 4.99. The van der Waals surface area contributed by atoms with Gasteiger partial charge in [-0.15, -0.1) is 0 Å². The molecule has 2 saturated heterocycles. The van der Waals surface area contributed by atoms with Gasteiger partial charge in [-0.1, -0.05) is 5.16 Å². The van der Waals surface area contributed by atoms with Gasteiger partial charge in [-0.25, -0.2) is 0 Å². The van der Waals surface area contributed by atoms with Crippen molar-refractivity contribution < 1.29 is 24.3 Å². The van der Waals surface area contributed by atoms with E-state index in [0.717, 1.165) is 56.0 Å². The van der Waals surface area contributed by atoms with Gasteiger partial charge in [0.25, 0.3) is 6.47 Å². The zero-order valence-corrected chi connectivity index (χ0v) is 14.8. The number of carbonyl (C=O) groups is 2. The number of hydrogen-bond acceptors (Lipinski definition) is 6. The number of aryl methyl sites for hydroxylation is 2. The van der Waals surface area contributed by atoms with E-state index in [9.17, 15) is 9.90 Å². The molecular formula is C17H27N3O5. The SMILES string of the molecule is Cc1noc(C)c1CCC(=O)N1CCC(N2CC(O)C2)CC1.O=CO.